The van der Waals surface area contributed by atoms with Gasteiger partial charge in [-0.3, -0.25) is 9.48 Å². The first kappa shape index (κ1) is 11.6. The van der Waals surface area contributed by atoms with Crippen molar-refractivity contribution in [3.63, 3.8) is 0 Å². The van der Waals surface area contributed by atoms with Gasteiger partial charge < -0.3 is 5.32 Å². The summed E-state index contributed by atoms with van der Waals surface area (Å²) in [5.41, 5.74) is 0. The SMILES string of the molecule is O=C(CCn1cc(Br)cn1)NCCS. The first-order chi connectivity index (χ1) is 6.72. The van der Waals surface area contributed by atoms with Crippen LogP contribution < -0.4 is 5.32 Å². The van der Waals surface area contributed by atoms with Gasteiger partial charge in [-0.05, 0) is 15.9 Å². The van der Waals surface area contributed by atoms with Crippen LogP contribution in [0, 0.1) is 0 Å². The number of thiol groups is 1. The molecule has 0 bridgehead atoms. The third-order valence-corrected chi connectivity index (χ3v) is 2.24. The summed E-state index contributed by atoms with van der Waals surface area (Å²) in [5.74, 6) is 0.699. The zero-order valence-corrected chi connectivity index (χ0v) is 10.1. The van der Waals surface area contributed by atoms with Crippen molar-refractivity contribution in [2.45, 2.75) is 13.0 Å². The molecule has 0 radical (unpaired) electrons. The maximum Gasteiger partial charge on any atom is 0.221 e. The van der Waals surface area contributed by atoms with E-state index in [1.54, 1.807) is 10.9 Å². The zero-order chi connectivity index (χ0) is 10.4. The van der Waals surface area contributed by atoms with Gasteiger partial charge in [0.2, 0.25) is 5.91 Å². The number of aryl methyl sites for hydroxylation is 1. The lowest BCUT2D eigenvalue weighted by Gasteiger charge is -2.02. The normalized spacial score (nSPS) is 10.1. The Morgan fingerprint density at radius 1 is 1.71 bits per heavy atom. The first-order valence-corrected chi connectivity index (χ1v) is 5.70. The maximum atomic E-state index is 11.2. The van der Waals surface area contributed by atoms with Crippen molar-refractivity contribution in [1.82, 2.24) is 15.1 Å². The van der Waals surface area contributed by atoms with E-state index in [1.165, 1.54) is 0 Å². The lowest BCUT2D eigenvalue weighted by molar-refractivity contribution is -0.121. The van der Waals surface area contributed by atoms with Crippen molar-refractivity contribution in [3.05, 3.63) is 16.9 Å². The molecule has 0 saturated carbocycles. The van der Waals surface area contributed by atoms with E-state index in [0.717, 1.165) is 4.47 Å². The summed E-state index contributed by atoms with van der Waals surface area (Å²) in [5, 5.41) is 6.78. The monoisotopic (exact) mass is 277 g/mol. The molecule has 1 aromatic heterocycles. The lowest BCUT2D eigenvalue weighted by Crippen LogP contribution is -2.26. The highest BCUT2D eigenvalue weighted by molar-refractivity contribution is 9.10. The summed E-state index contributed by atoms with van der Waals surface area (Å²) < 4.78 is 2.65. The fraction of sp³-hybridized carbons (Fsp3) is 0.500. The van der Waals surface area contributed by atoms with Gasteiger partial charge in [0.15, 0.2) is 0 Å². The minimum Gasteiger partial charge on any atom is -0.355 e. The van der Waals surface area contributed by atoms with Gasteiger partial charge >= 0.3 is 0 Å². The van der Waals surface area contributed by atoms with Crippen molar-refractivity contribution in [2.75, 3.05) is 12.3 Å². The first-order valence-electron chi connectivity index (χ1n) is 4.28. The predicted octanol–water partition coefficient (Wildman–Crippen LogP) is 1.08. The fourth-order valence-electron chi connectivity index (χ4n) is 0.960. The summed E-state index contributed by atoms with van der Waals surface area (Å²) in [6, 6.07) is 0. The molecule has 1 N–H and O–H groups in total. The average Bonchev–Trinajstić information content (AvgIpc) is 2.58. The molecule has 0 fully saturated rings. The van der Waals surface area contributed by atoms with Crippen LogP contribution in [-0.4, -0.2) is 28.0 Å². The number of amides is 1. The van der Waals surface area contributed by atoms with Crippen LogP contribution in [0.1, 0.15) is 6.42 Å². The highest BCUT2D eigenvalue weighted by Gasteiger charge is 2.01. The van der Waals surface area contributed by atoms with E-state index in [-0.39, 0.29) is 5.91 Å². The lowest BCUT2D eigenvalue weighted by atomic mass is 10.4. The molecule has 0 spiro atoms. The van der Waals surface area contributed by atoms with Gasteiger partial charge in [0, 0.05) is 31.5 Å². The number of carbonyl (C=O) groups excluding carboxylic acids is 1. The van der Waals surface area contributed by atoms with Crippen molar-refractivity contribution >= 4 is 34.5 Å². The highest BCUT2D eigenvalue weighted by Crippen LogP contribution is 2.06. The topological polar surface area (TPSA) is 46.9 Å². The molecule has 0 aliphatic rings. The fourth-order valence-corrected chi connectivity index (χ4v) is 1.40. The Morgan fingerprint density at radius 2 is 2.50 bits per heavy atom. The van der Waals surface area contributed by atoms with E-state index in [1.807, 2.05) is 6.20 Å². The number of rotatable bonds is 5. The molecule has 0 aromatic carbocycles. The van der Waals surface area contributed by atoms with Gasteiger partial charge in [-0.25, -0.2) is 0 Å². The maximum absolute atomic E-state index is 11.2. The molecule has 78 valence electrons. The van der Waals surface area contributed by atoms with Crippen LogP contribution in [0.25, 0.3) is 0 Å². The van der Waals surface area contributed by atoms with Crippen LogP contribution in [0.15, 0.2) is 16.9 Å². The molecule has 0 unspecified atom stereocenters. The number of nitrogens with zero attached hydrogens (tertiary/aromatic N) is 2. The largest absolute Gasteiger partial charge is 0.355 e. The molecule has 0 atom stereocenters. The Hall–Kier alpha value is -0.490. The average molecular weight is 278 g/mol. The quantitative estimate of drug-likeness (QED) is 0.792. The van der Waals surface area contributed by atoms with Gasteiger partial charge in [-0.2, -0.15) is 17.7 Å². The Labute approximate surface area is 96.6 Å². The minimum absolute atomic E-state index is 0.0330. The molecule has 0 aliphatic heterocycles. The summed E-state index contributed by atoms with van der Waals surface area (Å²) in [6.07, 6.45) is 3.99. The third kappa shape index (κ3) is 4.15. The number of carbonyl (C=O) groups is 1. The van der Waals surface area contributed by atoms with Crippen molar-refractivity contribution in [1.29, 1.82) is 0 Å². The van der Waals surface area contributed by atoms with Crippen LogP contribution in [0.3, 0.4) is 0 Å². The summed E-state index contributed by atoms with van der Waals surface area (Å²) in [4.78, 5) is 11.2. The van der Waals surface area contributed by atoms with E-state index in [4.69, 9.17) is 0 Å². The van der Waals surface area contributed by atoms with Crippen molar-refractivity contribution in [2.24, 2.45) is 0 Å². The Balaban J connectivity index is 2.23. The smallest absolute Gasteiger partial charge is 0.221 e. The van der Waals surface area contributed by atoms with E-state index in [9.17, 15) is 4.79 Å². The van der Waals surface area contributed by atoms with Crippen LogP contribution in [-0.2, 0) is 11.3 Å². The van der Waals surface area contributed by atoms with Crippen molar-refractivity contribution in [3.8, 4) is 0 Å². The number of hydrogen-bond donors (Lipinski definition) is 2. The Morgan fingerprint density at radius 3 is 3.07 bits per heavy atom. The molecular weight excluding hydrogens is 266 g/mol. The molecule has 6 heteroatoms. The van der Waals surface area contributed by atoms with Crippen molar-refractivity contribution < 1.29 is 4.79 Å². The number of nitrogens with one attached hydrogen (secondary N) is 1. The van der Waals surface area contributed by atoms with Gasteiger partial charge in [-0.1, -0.05) is 0 Å². The molecule has 1 amide bonds. The van der Waals surface area contributed by atoms with Gasteiger partial charge in [0.05, 0.1) is 10.7 Å². The van der Waals surface area contributed by atoms with Crippen LogP contribution in [0.5, 0.6) is 0 Å². The highest BCUT2D eigenvalue weighted by atomic mass is 79.9. The summed E-state index contributed by atoms with van der Waals surface area (Å²) in [6.45, 7) is 1.22. The number of halogens is 1. The van der Waals surface area contributed by atoms with Crippen LogP contribution >= 0.6 is 28.6 Å². The van der Waals surface area contributed by atoms with Crippen LogP contribution in [0.2, 0.25) is 0 Å². The second kappa shape index (κ2) is 6.08. The van der Waals surface area contributed by atoms with Gasteiger partial charge in [0.25, 0.3) is 0 Å². The van der Waals surface area contributed by atoms with E-state index < -0.39 is 0 Å². The molecular formula is C8H12BrN3OS. The summed E-state index contributed by atoms with van der Waals surface area (Å²) in [7, 11) is 0. The van der Waals surface area contributed by atoms with Gasteiger partial charge in [0.1, 0.15) is 0 Å². The molecule has 0 saturated heterocycles. The zero-order valence-electron chi connectivity index (χ0n) is 7.61. The Kier molecular flexibility index (Phi) is 5.03. The standard InChI is InChI=1S/C8H12BrN3OS/c9-7-5-11-12(6-7)3-1-8(13)10-2-4-14/h5-6,14H,1-4H2,(H,10,13). The third-order valence-electron chi connectivity index (χ3n) is 1.60. The van der Waals surface area contributed by atoms with Crippen LogP contribution in [0.4, 0.5) is 0 Å². The molecule has 1 aromatic rings. The predicted molar refractivity (Wildman–Crippen MR) is 61.4 cm³/mol. The second-order valence-corrected chi connectivity index (χ2v) is 4.11. The molecule has 1 heterocycles. The second-order valence-electron chi connectivity index (χ2n) is 2.75. The van der Waals surface area contributed by atoms with E-state index in [0.29, 0.717) is 25.3 Å². The Bertz CT molecular complexity index is 303. The molecule has 1 rings (SSSR count). The number of aromatic nitrogens is 2. The molecule has 4 nitrogen and oxygen atoms in total. The minimum atomic E-state index is 0.0330. The van der Waals surface area contributed by atoms with Gasteiger partial charge in [-0.15, -0.1) is 0 Å². The number of hydrogen-bond acceptors (Lipinski definition) is 3. The molecule has 0 aliphatic carbocycles. The molecule has 14 heavy (non-hydrogen) atoms. The summed E-state index contributed by atoms with van der Waals surface area (Å²) >= 11 is 7.29. The van der Waals surface area contributed by atoms with E-state index in [2.05, 4.69) is 39.0 Å². The van der Waals surface area contributed by atoms with E-state index >= 15 is 0 Å².